The summed E-state index contributed by atoms with van der Waals surface area (Å²) in [5.74, 6) is -1.47. The van der Waals surface area contributed by atoms with E-state index in [9.17, 15) is 14.4 Å². The third kappa shape index (κ3) is 5.30. The van der Waals surface area contributed by atoms with Gasteiger partial charge in [-0.05, 0) is 62.7 Å². The Morgan fingerprint density at radius 1 is 0.971 bits per heavy atom. The minimum atomic E-state index is -0.693. The number of carbonyl (C=O) groups is 3. The number of esters is 1. The van der Waals surface area contributed by atoms with Crippen LogP contribution in [0, 0.1) is 20.8 Å². The summed E-state index contributed by atoms with van der Waals surface area (Å²) >= 11 is 0. The summed E-state index contributed by atoms with van der Waals surface area (Å²) in [6.45, 7) is 4.95. The van der Waals surface area contributed by atoms with Gasteiger partial charge in [-0.25, -0.2) is 9.48 Å². The van der Waals surface area contributed by atoms with Gasteiger partial charge in [0.05, 0.1) is 34.6 Å². The summed E-state index contributed by atoms with van der Waals surface area (Å²) in [5, 5.41) is 9.96. The molecule has 2 aromatic carbocycles. The van der Waals surface area contributed by atoms with Crippen molar-refractivity contribution in [1.29, 1.82) is 0 Å². The molecule has 0 bridgehead atoms. The lowest BCUT2D eigenvalue weighted by atomic mass is 10.1. The van der Waals surface area contributed by atoms with Crippen molar-refractivity contribution in [2.24, 2.45) is 0 Å². The highest BCUT2D eigenvalue weighted by Gasteiger charge is 2.18. The topological polar surface area (TPSA) is 115 Å². The van der Waals surface area contributed by atoms with Crippen LogP contribution in [0.15, 0.2) is 71.3 Å². The second-order valence-electron chi connectivity index (χ2n) is 7.88. The summed E-state index contributed by atoms with van der Waals surface area (Å²) in [5.41, 5.74) is 4.21. The molecule has 35 heavy (non-hydrogen) atoms. The number of carbonyl (C=O) groups excluding carboxylic acids is 3. The van der Waals surface area contributed by atoms with E-state index in [1.165, 1.54) is 18.4 Å². The van der Waals surface area contributed by atoms with E-state index >= 15 is 0 Å². The Balaban J connectivity index is 1.39. The fourth-order valence-electron chi connectivity index (χ4n) is 3.51. The van der Waals surface area contributed by atoms with Crippen LogP contribution in [0.4, 0.5) is 11.4 Å². The minimum absolute atomic E-state index is 0.148. The highest BCUT2D eigenvalue weighted by atomic mass is 16.5. The number of hydrogen-bond acceptors (Lipinski definition) is 6. The highest BCUT2D eigenvalue weighted by Crippen LogP contribution is 2.23. The summed E-state index contributed by atoms with van der Waals surface area (Å²) in [4.78, 5) is 37.3. The van der Waals surface area contributed by atoms with E-state index in [0.717, 1.165) is 16.9 Å². The van der Waals surface area contributed by atoms with E-state index in [2.05, 4.69) is 15.7 Å². The molecule has 0 aliphatic rings. The van der Waals surface area contributed by atoms with E-state index < -0.39 is 24.4 Å². The first kappa shape index (κ1) is 23.5. The van der Waals surface area contributed by atoms with E-state index in [1.54, 1.807) is 36.7 Å². The molecule has 0 saturated carbocycles. The van der Waals surface area contributed by atoms with Crippen molar-refractivity contribution in [1.82, 2.24) is 9.78 Å². The number of aryl methyl sites for hydroxylation is 2. The average molecular weight is 473 g/mol. The van der Waals surface area contributed by atoms with Crippen LogP contribution in [0.1, 0.15) is 37.9 Å². The van der Waals surface area contributed by atoms with Crippen LogP contribution in [0.3, 0.4) is 0 Å². The van der Waals surface area contributed by atoms with Crippen molar-refractivity contribution in [3.8, 4) is 5.69 Å². The number of furan rings is 1. The molecule has 178 valence electrons. The molecule has 0 aliphatic carbocycles. The smallest absolute Gasteiger partial charge is 0.338 e. The predicted octanol–water partition coefficient (Wildman–Crippen LogP) is 4.44. The molecule has 0 aliphatic heterocycles. The van der Waals surface area contributed by atoms with Crippen LogP contribution in [-0.4, -0.2) is 34.2 Å². The fourth-order valence-corrected chi connectivity index (χ4v) is 3.51. The number of nitrogens with zero attached hydrogens (tertiary/aromatic N) is 2. The summed E-state index contributed by atoms with van der Waals surface area (Å²) < 4.78 is 12.0. The van der Waals surface area contributed by atoms with Gasteiger partial charge >= 0.3 is 5.97 Å². The van der Waals surface area contributed by atoms with Gasteiger partial charge in [0.1, 0.15) is 0 Å². The number of rotatable bonds is 7. The molecule has 0 atom stereocenters. The average Bonchev–Trinajstić information content (AvgIpc) is 3.49. The first-order valence-electron chi connectivity index (χ1n) is 10.9. The molecule has 0 radical (unpaired) electrons. The van der Waals surface area contributed by atoms with Crippen LogP contribution in [0.5, 0.6) is 0 Å². The number of hydrogen-bond donors (Lipinski definition) is 2. The SMILES string of the molecule is Cc1ccc(C(=O)OCC(=O)Nc2c(C)nn(-c3ccccc3)c2C)cc1NC(=O)c1ccco1. The first-order valence-corrected chi connectivity index (χ1v) is 10.9. The normalized spacial score (nSPS) is 10.6. The Kier molecular flexibility index (Phi) is 6.77. The van der Waals surface area contributed by atoms with E-state index in [1.807, 2.05) is 37.3 Å². The van der Waals surface area contributed by atoms with E-state index in [4.69, 9.17) is 9.15 Å². The molecule has 4 rings (SSSR count). The number of ether oxygens (including phenoxy) is 1. The molecule has 2 aromatic heterocycles. The van der Waals surface area contributed by atoms with Crippen molar-refractivity contribution < 1.29 is 23.5 Å². The summed E-state index contributed by atoms with van der Waals surface area (Å²) in [7, 11) is 0. The van der Waals surface area contributed by atoms with E-state index in [-0.39, 0.29) is 11.3 Å². The quantitative estimate of drug-likeness (QED) is 0.384. The molecule has 0 fully saturated rings. The van der Waals surface area contributed by atoms with Crippen molar-refractivity contribution in [2.45, 2.75) is 20.8 Å². The lowest BCUT2D eigenvalue weighted by molar-refractivity contribution is -0.119. The molecule has 0 spiro atoms. The largest absolute Gasteiger partial charge is 0.459 e. The zero-order valence-electron chi connectivity index (χ0n) is 19.5. The van der Waals surface area contributed by atoms with Gasteiger partial charge in [0.15, 0.2) is 12.4 Å². The molecule has 2 N–H and O–H groups in total. The maximum absolute atomic E-state index is 12.6. The molecule has 0 unspecified atom stereocenters. The maximum Gasteiger partial charge on any atom is 0.338 e. The molecular weight excluding hydrogens is 448 g/mol. The van der Waals surface area contributed by atoms with Gasteiger partial charge in [-0.1, -0.05) is 24.3 Å². The van der Waals surface area contributed by atoms with Crippen LogP contribution in [-0.2, 0) is 9.53 Å². The molecule has 2 amide bonds. The van der Waals surface area contributed by atoms with Crippen LogP contribution >= 0.6 is 0 Å². The number of anilines is 2. The van der Waals surface area contributed by atoms with Crippen LogP contribution in [0.2, 0.25) is 0 Å². The maximum atomic E-state index is 12.6. The van der Waals surface area contributed by atoms with Gasteiger partial charge in [0.2, 0.25) is 0 Å². The molecule has 9 heteroatoms. The highest BCUT2D eigenvalue weighted by molar-refractivity contribution is 6.03. The molecule has 9 nitrogen and oxygen atoms in total. The Morgan fingerprint density at radius 3 is 2.46 bits per heavy atom. The van der Waals surface area contributed by atoms with Gasteiger partial charge in [0.25, 0.3) is 11.8 Å². The number of para-hydroxylation sites is 1. The van der Waals surface area contributed by atoms with Gasteiger partial charge in [-0.3, -0.25) is 9.59 Å². The van der Waals surface area contributed by atoms with Crippen LogP contribution in [0.25, 0.3) is 5.69 Å². The summed E-state index contributed by atoms with van der Waals surface area (Å²) in [6, 6.07) is 17.4. The van der Waals surface area contributed by atoms with Crippen molar-refractivity contribution in [3.05, 3.63) is 95.2 Å². The zero-order chi connectivity index (χ0) is 24.9. The Bertz CT molecular complexity index is 1370. The third-order valence-corrected chi connectivity index (χ3v) is 5.36. The van der Waals surface area contributed by atoms with Crippen molar-refractivity contribution in [3.63, 3.8) is 0 Å². The molecule has 4 aromatic rings. The molecule has 0 saturated heterocycles. The van der Waals surface area contributed by atoms with Crippen molar-refractivity contribution in [2.75, 3.05) is 17.2 Å². The standard InChI is InChI=1S/C26H24N4O5/c1-16-11-12-19(14-21(16)27-25(32)22-10-7-13-34-22)26(33)35-15-23(31)28-24-17(2)29-30(18(24)3)20-8-5-4-6-9-20/h4-14H,15H2,1-3H3,(H,27,32)(H,28,31). The third-order valence-electron chi connectivity index (χ3n) is 5.36. The summed E-state index contributed by atoms with van der Waals surface area (Å²) in [6.07, 6.45) is 1.40. The second-order valence-corrected chi connectivity index (χ2v) is 7.88. The lowest BCUT2D eigenvalue weighted by Crippen LogP contribution is -2.21. The predicted molar refractivity (Wildman–Crippen MR) is 130 cm³/mol. The van der Waals surface area contributed by atoms with E-state index in [0.29, 0.717) is 17.1 Å². The van der Waals surface area contributed by atoms with Gasteiger partial charge in [-0.15, -0.1) is 0 Å². The number of benzene rings is 2. The van der Waals surface area contributed by atoms with Crippen molar-refractivity contribution >= 4 is 29.2 Å². The van der Waals surface area contributed by atoms with Gasteiger partial charge in [-0.2, -0.15) is 5.10 Å². The zero-order valence-corrected chi connectivity index (χ0v) is 19.5. The Labute approximate surface area is 201 Å². The molecule has 2 heterocycles. The fraction of sp³-hybridized carbons (Fsp3) is 0.154. The minimum Gasteiger partial charge on any atom is -0.459 e. The lowest BCUT2D eigenvalue weighted by Gasteiger charge is -2.10. The number of nitrogens with one attached hydrogen (secondary N) is 2. The van der Waals surface area contributed by atoms with Gasteiger partial charge < -0.3 is 19.8 Å². The Hall–Kier alpha value is -4.66. The Morgan fingerprint density at radius 2 is 1.74 bits per heavy atom. The van der Waals surface area contributed by atoms with Crippen LogP contribution < -0.4 is 10.6 Å². The molecular formula is C26H24N4O5. The second kappa shape index (κ2) is 10.1. The number of aromatic nitrogens is 2. The first-order chi connectivity index (χ1) is 16.8. The monoisotopic (exact) mass is 472 g/mol. The van der Waals surface area contributed by atoms with Gasteiger partial charge in [0, 0.05) is 5.69 Å². The number of amides is 2.